The minimum atomic E-state index is -0.560. The number of aromatic nitrogens is 2. The lowest BCUT2D eigenvalue weighted by Crippen LogP contribution is -2.54. The second-order valence-electron chi connectivity index (χ2n) is 6.95. The molecule has 0 spiro atoms. The van der Waals surface area contributed by atoms with E-state index in [4.69, 9.17) is 0 Å². The van der Waals surface area contributed by atoms with E-state index in [0.29, 0.717) is 25.2 Å². The summed E-state index contributed by atoms with van der Waals surface area (Å²) in [5.74, 6) is 0.199. The first-order valence-electron chi connectivity index (χ1n) is 8.65. The summed E-state index contributed by atoms with van der Waals surface area (Å²) >= 11 is 1.54. The Bertz CT molecular complexity index is 775. The fraction of sp³-hybridized carbons (Fsp3) is 0.556. The zero-order valence-corrected chi connectivity index (χ0v) is 14.8. The van der Waals surface area contributed by atoms with Crippen molar-refractivity contribution in [2.45, 2.75) is 42.9 Å². The third-order valence-corrected chi connectivity index (χ3v) is 6.27. The van der Waals surface area contributed by atoms with Crippen LogP contribution in [0.5, 0.6) is 0 Å². The number of likely N-dealkylation sites (tertiary alicyclic amines) is 1. The van der Waals surface area contributed by atoms with Gasteiger partial charge in [-0.05, 0) is 37.7 Å². The number of fused-ring (bicyclic) bond motifs is 2. The average Bonchev–Trinajstić information content (AvgIpc) is 2.99. The zero-order chi connectivity index (χ0) is 16.7. The molecule has 2 fully saturated rings. The number of pyridine rings is 1. The number of amides is 1. The van der Waals surface area contributed by atoms with Crippen LogP contribution in [0.25, 0.3) is 5.52 Å². The largest absolute Gasteiger partial charge is 0.389 e. The molecule has 1 aliphatic heterocycles. The zero-order valence-electron chi connectivity index (χ0n) is 13.9. The average molecular weight is 345 g/mol. The summed E-state index contributed by atoms with van der Waals surface area (Å²) in [5.41, 5.74) is 0.827. The molecule has 3 heterocycles. The third kappa shape index (κ3) is 2.52. The standard InChI is InChI=1S/C18H23N3O2S/c1-24-17-19-15(14-7-3-5-10-21(14)17)16(22)20-11-9-18(23)8-4-2-6-13(18)12-20/h3,5,7,10,13,23H,2,4,6,8-9,11-12H2,1H3/t13-,18-/m1/s1. The summed E-state index contributed by atoms with van der Waals surface area (Å²) in [6.45, 7) is 1.27. The van der Waals surface area contributed by atoms with Crippen LogP contribution in [0.2, 0.25) is 0 Å². The highest BCUT2D eigenvalue weighted by Crippen LogP contribution is 2.40. The number of piperidine rings is 1. The fourth-order valence-electron chi connectivity index (χ4n) is 4.22. The molecule has 24 heavy (non-hydrogen) atoms. The molecule has 2 aromatic rings. The molecule has 0 aromatic carbocycles. The van der Waals surface area contributed by atoms with E-state index in [1.165, 1.54) is 0 Å². The quantitative estimate of drug-likeness (QED) is 0.851. The van der Waals surface area contributed by atoms with Crippen molar-refractivity contribution in [1.82, 2.24) is 14.3 Å². The number of aliphatic hydroxyl groups is 1. The first-order valence-corrected chi connectivity index (χ1v) is 9.87. The molecule has 2 aliphatic rings. The lowest BCUT2D eigenvalue weighted by Gasteiger charge is -2.47. The van der Waals surface area contributed by atoms with Gasteiger partial charge in [-0.3, -0.25) is 9.20 Å². The summed E-state index contributed by atoms with van der Waals surface area (Å²) in [7, 11) is 0. The van der Waals surface area contributed by atoms with Crippen molar-refractivity contribution < 1.29 is 9.90 Å². The molecule has 0 bridgehead atoms. The van der Waals surface area contributed by atoms with E-state index in [9.17, 15) is 9.90 Å². The Morgan fingerprint density at radius 1 is 1.38 bits per heavy atom. The summed E-state index contributed by atoms with van der Waals surface area (Å²) in [5, 5.41) is 11.6. The van der Waals surface area contributed by atoms with Gasteiger partial charge in [0.15, 0.2) is 10.9 Å². The first kappa shape index (κ1) is 16.0. The summed E-state index contributed by atoms with van der Waals surface area (Å²) < 4.78 is 1.97. The topological polar surface area (TPSA) is 57.8 Å². The van der Waals surface area contributed by atoms with E-state index in [-0.39, 0.29) is 11.8 Å². The minimum Gasteiger partial charge on any atom is -0.389 e. The molecule has 5 nitrogen and oxygen atoms in total. The van der Waals surface area contributed by atoms with Crippen molar-refractivity contribution in [3.8, 4) is 0 Å². The number of hydrogen-bond donors (Lipinski definition) is 1. The molecule has 4 rings (SSSR count). The molecule has 1 amide bonds. The van der Waals surface area contributed by atoms with Gasteiger partial charge in [-0.2, -0.15) is 0 Å². The predicted octanol–water partition coefficient (Wildman–Crippen LogP) is 2.82. The number of carbonyl (C=O) groups is 1. The number of nitrogens with zero attached hydrogens (tertiary/aromatic N) is 3. The van der Waals surface area contributed by atoms with Crippen molar-refractivity contribution in [1.29, 1.82) is 0 Å². The predicted molar refractivity (Wildman–Crippen MR) is 94.4 cm³/mol. The van der Waals surface area contributed by atoms with Crippen LogP contribution in [-0.4, -0.2) is 50.2 Å². The van der Waals surface area contributed by atoms with Gasteiger partial charge in [-0.25, -0.2) is 4.98 Å². The van der Waals surface area contributed by atoms with Crippen molar-refractivity contribution >= 4 is 23.2 Å². The minimum absolute atomic E-state index is 0.00776. The molecule has 1 saturated heterocycles. The van der Waals surface area contributed by atoms with Gasteiger partial charge in [-0.1, -0.05) is 30.7 Å². The number of rotatable bonds is 2. The molecule has 6 heteroatoms. The van der Waals surface area contributed by atoms with Crippen LogP contribution in [0.1, 0.15) is 42.6 Å². The van der Waals surface area contributed by atoms with Gasteiger partial charge in [0.05, 0.1) is 11.1 Å². The molecule has 0 unspecified atom stereocenters. The normalized spacial score (nSPS) is 27.2. The van der Waals surface area contributed by atoms with Gasteiger partial charge in [0.25, 0.3) is 5.91 Å². The van der Waals surface area contributed by atoms with E-state index in [1.807, 2.05) is 40.0 Å². The van der Waals surface area contributed by atoms with Crippen LogP contribution in [-0.2, 0) is 0 Å². The molecule has 128 valence electrons. The van der Waals surface area contributed by atoms with Crippen molar-refractivity contribution in [2.75, 3.05) is 19.3 Å². The molecule has 1 N–H and O–H groups in total. The van der Waals surface area contributed by atoms with E-state index in [2.05, 4.69) is 4.98 Å². The number of thioether (sulfide) groups is 1. The van der Waals surface area contributed by atoms with Gasteiger partial charge in [0.2, 0.25) is 0 Å². The maximum Gasteiger partial charge on any atom is 0.274 e. The van der Waals surface area contributed by atoms with Gasteiger partial charge in [-0.15, -0.1) is 0 Å². The molecular weight excluding hydrogens is 322 g/mol. The first-order chi connectivity index (χ1) is 11.6. The van der Waals surface area contributed by atoms with Crippen LogP contribution in [0.3, 0.4) is 0 Å². The molecule has 2 aromatic heterocycles. The van der Waals surface area contributed by atoms with Crippen molar-refractivity contribution in [3.05, 3.63) is 30.1 Å². The second-order valence-corrected chi connectivity index (χ2v) is 7.72. The highest BCUT2D eigenvalue weighted by atomic mass is 32.2. The van der Waals surface area contributed by atoms with Crippen molar-refractivity contribution in [3.63, 3.8) is 0 Å². The maximum absolute atomic E-state index is 13.1. The smallest absolute Gasteiger partial charge is 0.274 e. The number of imidazole rings is 1. The Hall–Kier alpha value is -1.53. The third-order valence-electron chi connectivity index (χ3n) is 5.62. The van der Waals surface area contributed by atoms with Gasteiger partial charge in [0, 0.05) is 25.2 Å². The monoisotopic (exact) mass is 345 g/mol. The second kappa shape index (κ2) is 6.08. The number of hydrogen-bond acceptors (Lipinski definition) is 4. The van der Waals surface area contributed by atoms with Crippen LogP contribution >= 0.6 is 11.8 Å². The van der Waals surface area contributed by atoms with Crippen LogP contribution < -0.4 is 0 Å². The SMILES string of the molecule is CSc1nc(C(=O)N2CC[C@]3(O)CCCC[C@@H]3C2)c2ccccn12. The molecule has 2 atom stereocenters. The highest BCUT2D eigenvalue weighted by Gasteiger charge is 2.44. The van der Waals surface area contributed by atoms with Gasteiger partial charge in [0.1, 0.15) is 0 Å². The van der Waals surface area contributed by atoms with Crippen LogP contribution in [0.15, 0.2) is 29.6 Å². The Kier molecular flexibility index (Phi) is 4.04. The highest BCUT2D eigenvalue weighted by molar-refractivity contribution is 7.98. The fourth-order valence-corrected chi connectivity index (χ4v) is 4.75. The van der Waals surface area contributed by atoms with Crippen molar-refractivity contribution in [2.24, 2.45) is 5.92 Å². The Balaban J connectivity index is 1.63. The molecule has 0 radical (unpaired) electrons. The van der Waals surface area contributed by atoms with Crippen LogP contribution in [0, 0.1) is 5.92 Å². The van der Waals surface area contributed by atoms with E-state index in [1.54, 1.807) is 11.8 Å². The van der Waals surface area contributed by atoms with E-state index in [0.717, 1.165) is 36.4 Å². The Morgan fingerprint density at radius 3 is 3.08 bits per heavy atom. The maximum atomic E-state index is 13.1. The molecular formula is C18H23N3O2S. The van der Waals surface area contributed by atoms with E-state index >= 15 is 0 Å². The van der Waals surface area contributed by atoms with Gasteiger partial charge < -0.3 is 10.0 Å². The van der Waals surface area contributed by atoms with Gasteiger partial charge >= 0.3 is 0 Å². The van der Waals surface area contributed by atoms with E-state index < -0.39 is 5.60 Å². The summed E-state index contributed by atoms with van der Waals surface area (Å²) in [6.07, 6.45) is 8.75. The summed E-state index contributed by atoms with van der Waals surface area (Å²) in [6, 6.07) is 5.83. The Morgan fingerprint density at radius 2 is 2.25 bits per heavy atom. The lowest BCUT2D eigenvalue weighted by molar-refractivity contribution is -0.0886. The number of carbonyl (C=O) groups excluding carboxylic acids is 1. The lowest BCUT2D eigenvalue weighted by atomic mass is 9.71. The summed E-state index contributed by atoms with van der Waals surface area (Å²) in [4.78, 5) is 19.6. The molecule has 1 saturated carbocycles. The van der Waals surface area contributed by atoms with Crippen LogP contribution in [0.4, 0.5) is 0 Å². The molecule has 1 aliphatic carbocycles. The Labute approximate surface area is 146 Å².